The zero-order valence-electron chi connectivity index (χ0n) is 13.8. The molecule has 1 aliphatic carbocycles. The van der Waals surface area contributed by atoms with Gasteiger partial charge in [0.25, 0.3) is 0 Å². The fourth-order valence-corrected chi connectivity index (χ4v) is 3.12. The minimum Gasteiger partial charge on any atom is -0.467 e. The van der Waals surface area contributed by atoms with E-state index in [0.29, 0.717) is 19.4 Å². The lowest BCUT2D eigenvalue weighted by Crippen LogP contribution is -2.48. The number of hydrogen-bond acceptors (Lipinski definition) is 4. The lowest BCUT2D eigenvalue weighted by molar-refractivity contribution is -0.147. The van der Waals surface area contributed by atoms with E-state index >= 15 is 0 Å². The lowest BCUT2D eigenvalue weighted by Gasteiger charge is -2.29. The standard InChI is InChI=1S/C16H26N4O3/c1-3-4-5-8-13(14(21)23-2)19-15(22)16(9-6-7-10-16)11-12-18-20-17/h3,13H,1,4-12H2,2H3,(H,19,22)/t13-/m0/s1. The Kier molecular flexibility index (Phi) is 8.19. The fraction of sp³-hybridized carbons (Fsp3) is 0.750. The molecule has 0 aromatic rings. The summed E-state index contributed by atoms with van der Waals surface area (Å²) in [7, 11) is 1.32. The van der Waals surface area contributed by atoms with Crippen molar-refractivity contribution in [3.8, 4) is 0 Å². The molecule has 0 aliphatic heterocycles. The maximum Gasteiger partial charge on any atom is 0.328 e. The molecule has 0 heterocycles. The Bertz CT molecular complexity index is 466. The lowest BCUT2D eigenvalue weighted by atomic mass is 9.81. The molecule has 1 saturated carbocycles. The molecule has 1 N–H and O–H groups in total. The number of carbonyl (C=O) groups excluding carboxylic acids is 2. The smallest absolute Gasteiger partial charge is 0.328 e. The predicted octanol–water partition coefficient (Wildman–Crippen LogP) is 3.26. The third kappa shape index (κ3) is 5.60. The fourth-order valence-electron chi connectivity index (χ4n) is 3.12. The summed E-state index contributed by atoms with van der Waals surface area (Å²) in [5, 5.41) is 6.41. The number of esters is 1. The highest BCUT2D eigenvalue weighted by molar-refractivity contribution is 5.88. The number of nitrogens with one attached hydrogen (secondary N) is 1. The van der Waals surface area contributed by atoms with Crippen molar-refractivity contribution in [2.45, 2.75) is 57.4 Å². The van der Waals surface area contributed by atoms with Crippen LogP contribution < -0.4 is 5.32 Å². The number of hydrogen-bond donors (Lipinski definition) is 1. The maximum atomic E-state index is 12.8. The molecule has 1 rings (SSSR count). The summed E-state index contributed by atoms with van der Waals surface area (Å²) in [5.74, 6) is -0.553. The number of carbonyl (C=O) groups is 2. The molecular weight excluding hydrogens is 296 g/mol. The van der Waals surface area contributed by atoms with E-state index in [2.05, 4.69) is 21.9 Å². The molecule has 0 unspecified atom stereocenters. The molecule has 1 atom stereocenters. The number of rotatable bonds is 10. The van der Waals surface area contributed by atoms with Gasteiger partial charge in [0.2, 0.25) is 5.91 Å². The third-order valence-electron chi connectivity index (χ3n) is 4.49. The van der Waals surface area contributed by atoms with Crippen LogP contribution in [0, 0.1) is 5.41 Å². The average molecular weight is 322 g/mol. The molecule has 7 nitrogen and oxygen atoms in total. The van der Waals surface area contributed by atoms with E-state index in [-0.39, 0.29) is 5.91 Å². The Hall–Kier alpha value is -2.01. The number of amides is 1. The molecule has 0 bridgehead atoms. The minimum absolute atomic E-state index is 0.128. The van der Waals surface area contributed by atoms with Crippen molar-refractivity contribution in [3.05, 3.63) is 23.1 Å². The average Bonchev–Trinajstić information content (AvgIpc) is 3.03. The van der Waals surface area contributed by atoms with Gasteiger partial charge in [-0.25, -0.2) is 4.79 Å². The van der Waals surface area contributed by atoms with Gasteiger partial charge < -0.3 is 10.1 Å². The van der Waals surface area contributed by atoms with Crippen molar-refractivity contribution in [2.75, 3.05) is 13.7 Å². The van der Waals surface area contributed by atoms with E-state index in [1.807, 2.05) is 0 Å². The van der Waals surface area contributed by atoms with Crippen molar-refractivity contribution in [1.82, 2.24) is 5.32 Å². The summed E-state index contributed by atoms with van der Waals surface area (Å²) < 4.78 is 4.79. The molecular formula is C16H26N4O3. The number of methoxy groups -OCH3 is 1. The van der Waals surface area contributed by atoms with E-state index in [1.165, 1.54) is 7.11 Å². The van der Waals surface area contributed by atoms with E-state index < -0.39 is 17.4 Å². The number of allylic oxidation sites excluding steroid dienone is 1. The van der Waals surface area contributed by atoms with Crippen molar-refractivity contribution < 1.29 is 14.3 Å². The van der Waals surface area contributed by atoms with Crippen molar-refractivity contribution >= 4 is 11.9 Å². The normalized spacial score (nSPS) is 16.9. The molecule has 1 amide bonds. The van der Waals surface area contributed by atoms with Gasteiger partial charge in [0.15, 0.2) is 0 Å². The molecule has 1 aliphatic rings. The molecule has 0 aromatic carbocycles. The second kappa shape index (κ2) is 9.90. The molecule has 23 heavy (non-hydrogen) atoms. The van der Waals surface area contributed by atoms with Crippen LogP contribution in [0.2, 0.25) is 0 Å². The summed E-state index contributed by atoms with van der Waals surface area (Å²) >= 11 is 0. The Morgan fingerprint density at radius 1 is 1.48 bits per heavy atom. The molecule has 0 spiro atoms. The van der Waals surface area contributed by atoms with Gasteiger partial charge in [-0.1, -0.05) is 24.0 Å². The van der Waals surface area contributed by atoms with Crippen LogP contribution in [-0.2, 0) is 14.3 Å². The number of azide groups is 1. The summed E-state index contributed by atoms with van der Waals surface area (Å²) in [6, 6.07) is -0.635. The first-order valence-electron chi connectivity index (χ1n) is 8.10. The first-order valence-corrected chi connectivity index (χ1v) is 8.10. The van der Waals surface area contributed by atoms with Crippen LogP contribution in [0.5, 0.6) is 0 Å². The van der Waals surface area contributed by atoms with Crippen molar-refractivity contribution in [2.24, 2.45) is 10.5 Å². The Labute approximate surface area is 137 Å². The monoisotopic (exact) mass is 322 g/mol. The van der Waals surface area contributed by atoms with Gasteiger partial charge in [-0.05, 0) is 44.1 Å². The van der Waals surface area contributed by atoms with Gasteiger partial charge in [0.05, 0.1) is 7.11 Å². The van der Waals surface area contributed by atoms with Gasteiger partial charge >= 0.3 is 5.97 Å². The van der Waals surface area contributed by atoms with E-state index in [1.54, 1.807) is 6.08 Å². The highest BCUT2D eigenvalue weighted by atomic mass is 16.5. The topological polar surface area (TPSA) is 104 Å². The number of nitrogens with zero attached hydrogens (tertiary/aromatic N) is 3. The van der Waals surface area contributed by atoms with E-state index in [0.717, 1.165) is 38.5 Å². The van der Waals surface area contributed by atoms with Crippen LogP contribution >= 0.6 is 0 Å². The van der Waals surface area contributed by atoms with Crippen molar-refractivity contribution in [3.63, 3.8) is 0 Å². The zero-order chi connectivity index (χ0) is 17.1. The predicted molar refractivity (Wildman–Crippen MR) is 87.5 cm³/mol. The van der Waals surface area contributed by atoms with Crippen LogP contribution in [0.1, 0.15) is 51.4 Å². The first-order chi connectivity index (χ1) is 11.1. The minimum atomic E-state index is -0.635. The molecule has 0 radical (unpaired) electrons. The molecule has 7 heteroatoms. The number of ether oxygens (including phenoxy) is 1. The second-order valence-electron chi connectivity index (χ2n) is 5.96. The Morgan fingerprint density at radius 2 is 2.17 bits per heavy atom. The van der Waals surface area contributed by atoms with Crippen molar-refractivity contribution in [1.29, 1.82) is 0 Å². The van der Waals surface area contributed by atoms with Gasteiger partial charge in [0.1, 0.15) is 6.04 Å². The molecule has 1 fully saturated rings. The van der Waals surface area contributed by atoms with E-state index in [4.69, 9.17) is 10.3 Å². The Morgan fingerprint density at radius 3 is 2.74 bits per heavy atom. The van der Waals surface area contributed by atoms with Crippen LogP contribution in [0.15, 0.2) is 17.8 Å². The van der Waals surface area contributed by atoms with Gasteiger partial charge in [-0.2, -0.15) is 0 Å². The van der Waals surface area contributed by atoms with Gasteiger partial charge in [-0.15, -0.1) is 6.58 Å². The van der Waals surface area contributed by atoms with E-state index in [9.17, 15) is 9.59 Å². The maximum absolute atomic E-state index is 12.8. The number of unbranched alkanes of at least 4 members (excludes halogenated alkanes) is 1. The highest BCUT2D eigenvalue weighted by Crippen LogP contribution is 2.41. The van der Waals surface area contributed by atoms with Crippen LogP contribution in [0.3, 0.4) is 0 Å². The van der Waals surface area contributed by atoms with Crippen LogP contribution in [0.25, 0.3) is 10.4 Å². The zero-order valence-corrected chi connectivity index (χ0v) is 13.8. The highest BCUT2D eigenvalue weighted by Gasteiger charge is 2.41. The summed E-state index contributed by atoms with van der Waals surface area (Å²) in [6.45, 7) is 3.95. The third-order valence-corrected chi connectivity index (χ3v) is 4.49. The van der Waals surface area contributed by atoms with Crippen LogP contribution in [-0.4, -0.2) is 31.6 Å². The molecule has 128 valence electrons. The van der Waals surface area contributed by atoms with Gasteiger partial charge in [-0.3, -0.25) is 4.79 Å². The van der Waals surface area contributed by atoms with Crippen LogP contribution in [0.4, 0.5) is 0 Å². The van der Waals surface area contributed by atoms with Gasteiger partial charge in [0, 0.05) is 16.9 Å². The molecule has 0 saturated heterocycles. The first kappa shape index (κ1) is 19.0. The largest absolute Gasteiger partial charge is 0.467 e. The Balaban J connectivity index is 2.74. The summed E-state index contributed by atoms with van der Waals surface area (Å²) in [6.07, 6.45) is 7.85. The summed E-state index contributed by atoms with van der Waals surface area (Å²) in [4.78, 5) is 27.4. The SMILES string of the molecule is C=CCCC[C@H](NC(=O)C1(CCN=[N+]=[N-])CCCC1)C(=O)OC. The quantitative estimate of drug-likeness (QED) is 0.167. The second-order valence-corrected chi connectivity index (χ2v) is 5.96. The summed E-state index contributed by atoms with van der Waals surface area (Å²) in [5.41, 5.74) is 7.89. The molecule has 0 aromatic heterocycles.